The summed E-state index contributed by atoms with van der Waals surface area (Å²) in [6, 6.07) is 0. The van der Waals surface area contributed by atoms with Crippen LogP contribution in [0.5, 0.6) is 0 Å². The number of rotatable bonds is 7. The van der Waals surface area contributed by atoms with Gasteiger partial charge in [0.2, 0.25) is 0 Å². The van der Waals surface area contributed by atoms with Gasteiger partial charge in [-0.2, -0.15) is 0 Å². The fraction of sp³-hybridized carbons (Fsp3) is 0.826. The molecule has 8 atom stereocenters. The number of aliphatic carboxylic acids is 1. The third-order valence-electron chi connectivity index (χ3n) is 8.84. The first-order chi connectivity index (χ1) is 13.2. The van der Waals surface area contributed by atoms with Crippen molar-refractivity contribution in [1.82, 2.24) is 0 Å². The van der Waals surface area contributed by atoms with Crippen molar-refractivity contribution in [2.24, 2.45) is 45.8 Å². The molecule has 0 heterocycles. The molecule has 0 aromatic heterocycles. The summed E-state index contributed by atoms with van der Waals surface area (Å²) >= 11 is 0. The molecule has 0 aromatic carbocycles. The summed E-state index contributed by atoms with van der Waals surface area (Å²) in [5, 5.41) is 20.5. The number of ether oxygens (including phenoxy) is 1. The smallest absolute Gasteiger partial charge is 0.315 e. The molecule has 2 N–H and O–H groups in total. The Morgan fingerprint density at radius 1 is 1.32 bits per heavy atom. The molecule has 5 heteroatoms. The lowest BCUT2D eigenvalue weighted by molar-refractivity contribution is -0.187. The van der Waals surface area contributed by atoms with Gasteiger partial charge in [-0.3, -0.25) is 4.79 Å². The van der Waals surface area contributed by atoms with Crippen molar-refractivity contribution < 1.29 is 24.5 Å². The van der Waals surface area contributed by atoms with Gasteiger partial charge < -0.3 is 19.7 Å². The highest BCUT2D eigenvalue weighted by molar-refractivity contribution is 5.90. The lowest BCUT2D eigenvalue weighted by atomic mass is 9.43. The number of allylic oxidation sites excluding steroid dienone is 1. The Labute approximate surface area is 167 Å². The van der Waals surface area contributed by atoms with Gasteiger partial charge in [-0.25, -0.2) is 0 Å². The minimum absolute atomic E-state index is 0.0537. The fourth-order valence-electron chi connectivity index (χ4n) is 8.05. The first kappa shape index (κ1) is 20.1. The largest absolute Gasteiger partial charge is 0.481 e. The summed E-state index contributed by atoms with van der Waals surface area (Å²) in [6.45, 7) is 8.52. The van der Waals surface area contributed by atoms with Crippen molar-refractivity contribution in [1.29, 1.82) is 0 Å². The van der Waals surface area contributed by atoms with E-state index in [9.17, 15) is 19.8 Å². The van der Waals surface area contributed by atoms with E-state index in [2.05, 4.69) is 13.0 Å². The maximum Gasteiger partial charge on any atom is 0.315 e. The Kier molecular flexibility index (Phi) is 4.59. The molecule has 0 amide bonds. The van der Waals surface area contributed by atoms with Gasteiger partial charge in [0.25, 0.3) is 0 Å². The predicted octanol–water partition coefficient (Wildman–Crippen LogP) is 3.31. The molecule has 0 saturated heterocycles. The van der Waals surface area contributed by atoms with Gasteiger partial charge in [-0.1, -0.05) is 38.8 Å². The molecule has 28 heavy (non-hydrogen) atoms. The van der Waals surface area contributed by atoms with Gasteiger partial charge in [-0.15, -0.1) is 0 Å². The van der Waals surface area contributed by atoms with Crippen molar-refractivity contribution in [2.75, 3.05) is 13.2 Å². The summed E-state index contributed by atoms with van der Waals surface area (Å²) in [5.41, 5.74) is -1.67. The number of aliphatic hydroxyl groups is 1. The summed E-state index contributed by atoms with van der Waals surface area (Å²) in [5.74, 6) is 0.307. The summed E-state index contributed by atoms with van der Waals surface area (Å²) in [4.78, 5) is 26.0. The van der Waals surface area contributed by atoms with Crippen molar-refractivity contribution in [2.45, 2.75) is 59.5 Å². The monoisotopic (exact) mass is 390 g/mol. The number of hydrogen-bond donors (Lipinski definition) is 2. The van der Waals surface area contributed by atoms with Crippen LogP contribution in [0.25, 0.3) is 0 Å². The van der Waals surface area contributed by atoms with Gasteiger partial charge in [0, 0.05) is 5.41 Å². The van der Waals surface area contributed by atoms with Crippen LogP contribution in [0, 0.1) is 45.8 Å². The molecule has 0 spiro atoms. The molecular formula is C23H34O5. The Bertz CT molecular complexity index is 712. The zero-order chi connectivity index (χ0) is 20.5. The van der Waals surface area contributed by atoms with E-state index in [-0.39, 0.29) is 24.4 Å². The van der Waals surface area contributed by atoms with Crippen LogP contribution in [0.2, 0.25) is 0 Å². The number of carbonyl (C=O) groups excluding carboxylic acids is 1. The number of carbonyl (C=O) groups is 2. The molecule has 3 fully saturated rings. The average Bonchev–Trinajstić information content (AvgIpc) is 3.18. The SMILES string of the molecule is CC(C)C1=C[C@H]2C[C@]3(C=O)[C@@H]4CC[C@@H](C)[C@H]4C[C@@]2(COC[C@H](C)O)[C@]13C(=O)O. The van der Waals surface area contributed by atoms with Crippen LogP contribution in [0.3, 0.4) is 0 Å². The zero-order valence-electron chi connectivity index (χ0n) is 17.5. The second kappa shape index (κ2) is 6.40. The van der Waals surface area contributed by atoms with Gasteiger partial charge in [0.05, 0.1) is 24.7 Å². The number of aldehydes is 1. The highest BCUT2D eigenvalue weighted by Crippen LogP contribution is 2.82. The van der Waals surface area contributed by atoms with Crippen LogP contribution in [0.15, 0.2) is 11.6 Å². The molecule has 3 saturated carbocycles. The van der Waals surface area contributed by atoms with E-state index in [1.807, 2.05) is 13.8 Å². The van der Waals surface area contributed by atoms with Crippen LogP contribution in [0.1, 0.15) is 53.4 Å². The third-order valence-corrected chi connectivity index (χ3v) is 8.84. The Morgan fingerprint density at radius 3 is 2.61 bits per heavy atom. The van der Waals surface area contributed by atoms with Gasteiger partial charge in [-0.05, 0) is 55.8 Å². The van der Waals surface area contributed by atoms with E-state index in [1.165, 1.54) is 0 Å². The van der Waals surface area contributed by atoms with Crippen molar-refractivity contribution in [3.8, 4) is 0 Å². The van der Waals surface area contributed by atoms with Crippen molar-refractivity contribution in [3.63, 3.8) is 0 Å². The molecule has 0 unspecified atom stereocenters. The second-order valence-corrected chi connectivity index (χ2v) is 10.4. The summed E-state index contributed by atoms with van der Waals surface area (Å²) in [6.07, 6.45) is 6.07. The molecule has 156 valence electrons. The lowest BCUT2D eigenvalue weighted by Crippen LogP contribution is -2.63. The number of carboxylic acids is 1. The zero-order valence-corrected chi connectivity index (χ0v) is 17.5. The van der Waals surface area contributed by atoms with Crippen LogP contribution < -0.4 is 0 Å². The fourth-order valence-corrected chi connectivity index (χ4v) is 8.05. The minimum Gasteiger partial charge on any atom is -0.481 e. The van der Waals surface area contributed by atoms with E-state index in [1.54, 1.807) is 6.92 Å². The molecule has 4 aliphatic carbocycles. The van der Waals surface area contributed by atoms with Gasteiger partial charge >= 0.3 is 5.97 Å². The summed E-state index contributed by atoms with van der Waals surface area (Å²) in [7, 11) is 0. The van der Waals surface area contributed by atoms with E-state index in [0.717, 1.165) is 31.1 Å². The topological polar surface area (TPSA) is 83.8 Å². The van der Waals surface area contributed by atoms with Crippen molar-refractivity contribution >= 4 is 12.3 Å². The molecule has 0 radical (unpaired) electrons. The van der Waals surface area contributed by atoms with Gasteiger partial charge in [0.1, 0.15) is 11.7 Å². The lowest BCUT2D eigenvalue weighted by Gasteiger charge is -2.58. The van der Waals surface area contributed by atoms with Crippen LogP contribution >= 0.6 is 0 Å². The molecule has 4 bridgehead atoms. The Balaban J connectivity index is 1.90. The van der Waals surface area contributed by atoms with E-state index in [0.29, 0.717) is 24.9 Å². The predicted molar refractivity (Wildman–Crippen MR) is 105 cm³/mol. The summed E-state index contributed by atoms with van der Waals surface area (Å²) < 4.78 is 5.95. The first-order valence-corrected chi connectivity index (χ1v) is 10.9. The number of fused-ring (bicyclic) bond motifs is 2. The number of hydrogen-bond acceptors (Lipinski definition) is 4. The average molecular weight is 391 g/mol. The van der Waals surface area contributed by atoms with Crippen molar-refractivity contribution in [3.05, 3.63) is 11.6 Å². The number of carboxylic acid groups (broad SMARTS) is 1. The molecule has 4 aliphatic rings. The van der Waals surface area contributed by atoms with E-state index < -0.39 is 28.3 Å². The first-order valence-electron chi connectivity index (χ1n) is 10.9. The molecule has 0 aliphatic heterocycles. The van der Waals surface area contributed by atoms with Gasteiger partial charge in [0.15, 0.2) is 0 Å². The third kappa shape index (κ3) is 2.10. The van der Waals surface area contributed by atoms with E-state index >= 15 is 0 Å². The Morgan fingerprint density at radius 2 is 2.04 bits per heavy atom. The molecular weight excluding hydrogens is 356 g/mol. The minimum atomic E-state index is -1.18. The quantitative estimate of drug-likeness (QED) is 0.515. The maximum absolute atomic E-state index is 13.1. The normalized spacial score (nSPS) is 47.1. The van der Waals surface area contributed by atoms with E-state index in [4.69, 9.17) is 4.74 Å². The number of aliphatic hydroxyl groups excluding tert-OH is 1. The molecule has 4 rings (SSSR count). The Hall–Kier alpha value is -1.20. The second-order valence-electron chi connectivity index (χ2n) is 10.4. The van der Waals surface area contributed by atoms with Crippen LogP contribution in [-0.2, 0) is 14.3 Å². The standard InChI is InChI=1S/C23H34O5/c1-13(2)19-7-16-8-21(11-24)18-6-5-14(3)17(18)9-22(16,12-28-10-15(4)25)23(19,21)20(26)27/h7,11,13-18,25H,5-6,8-10,12H2,1-4H3,(H,26,27)/t14-,15+,16+,17-,18-,21+,22+,23+/m1/s1. The van der Waals surface area contributed by atoms with Crippen LogP contribution in [-0.4, -0.2) is 41.8 Å². The highest BCUT2D eigenvalue weighted by Gasteiger charge is 2.84. The molecule has 5 nitrogen and oxygen atoms in total. The highest BCUT2D eigenvalue weighted by atomic mass is 16.5. The van der Waals surface area contributed by atoms with Crippen LogP contribution in [0.4, 0.5) is 0 Å². The molecule has 0 aromatic rings. The maximum atomic E-state index is 13.1.